The molecular weight excluding hydrogens is 514 g/mol. The highest BCUT2D eigenvalue weighted by Crippen LogP contribution is 2.45. The number of carboxylic acid groups (broad SMARTS) is 1. The van der Waals surface area contributed by atoms with E-state index in [0.29, 0.717) is 25.9 Å². The second kappa shape index (κ2) is 13.1. The lowest BCUT2D eigenvalue weighted by Crippen LogP contribution is -2.56. The molecule has 3 aliphatic rings. The average molecular weight is 554 g/mol. The molecule has 0 spiro atoms. The van der Waals surface area contributed by atoms with E-state index in [1.807, 2.05) is 43.3 Å². The minimum atomic E-state index is -1.42. The first-order valence-electron chi connectivity index (χ1n) is 14.1. The summed E-state index contributed by atoms with van der Waals surface area (Å²) in [6, 6.07) is 6.08. The van der Waals surface area contributed by atoms with E-state index < -0.39 is 47.6 Å². The summed E-state index contributed by atoms with van der Waals surface area (Å²) >= 11 is 0. The number of carbonyl (C=O) groups excluding carboxylic acids is 3. The van der Waals surface area contributed by atoms with Gasteiger partial charge in [-0.3, -0.25) is 9.59 Å². The first-order chi connectivity index (χ1) is 19.3. The maximum atomic E-state index is 13.8. The van der Waals surface area contributed by atoms with Crippen LogP contribution in [0.15, 0.2) is 43.0 Å². The van der Waals surface area contributed by atoms with Crippen LogP contribution >= 0.6 is 0 Å². The minimum absolute atomic E-state index is 0.140. The highest BCUT2D eigenvalue weighted by atomic mass is 16.5. The molecule has 40 heavy (non-hydrogen) atoms. The van der Waals surface area contributed by atoms with Crippen molar-refractivity contribution in [2.45, 2.75) is 82.2 Å². The molecule has 1 aromatic carbocycles. The van der Waals surface area contributed by atoms with Gasteiger partial charge in [-0.05, 0) is 42.9 Å². The van der Waals surface area contributed by atoms with E-state index in [1.165, 1.54) is 11.0 Å². The van der Waals surface area contributed by atoms with Gasteiger partial charge in [-0.1, -0.05) is 56.2 Å². The molecule has 10 nitrogen and oxygen atoms in total. The van der Waals surface area contributed by atoms with Gasteiger partial charge in [-0.25, -0.2) is 9.59 Å². The molecule has 3 amide bonds. The fourth-order valence-electron chi connectivity index (χ4n) is 5.36. The van der Waals surface area contributed by atoms with Crippen LogP contribution in [0.5, 0.6) is 0 Å². The summed E-state index contributed by atoms with van der Waals surface area (Å²) in [4.78, 5) is 53.3. The highest BCUT2D eigenvalue weighted by molar-refractivity contribution is 5.96. The molecule has 0 unspecified atom stereocenters. The molecule has 0 aromatic heterocycles. The zero-order chi connectivity index (χ0) is 28.7. The number of carboxylic acids is 1. The van der Waals surface area contributed by atoms with Crippen molar-refractivity contribution in [3.8, 4) is 0 Å². The fraction of sp³-hybridized carbons (Fsp3) is 0.533. The van der Waals surface area contributed by atoms with E-state index in [0.717, 1.165) is 24.0 Å². The SMILES string of the molecule is C=C[C@H]1C[C@]1(NC(=O)[C@@H]1C[C@@H]2CN1C(=O)[C@H](CCCC)NC(=O)OCCC/C=C/c1cccc(c1)CO2)C(=O)O. The maximum Gasteiger partial charge on any atom is 0.407 e. The van der Waals surface area contributed by atoms with Gasteiger partial charge in [-0.15, -0.1) is 6.58 Å². The van der Waals surface area contributed by atoms with E-state index in [1.54, 1.807) is 0 Å². The van der Waals surface area contributed by atoms with Gasteiger partial charge in [0.25, 0.3) is 0 Å². The van der Waals surface area contributed by atoms with E-state index >= 15 is 0 Å². The summed E-state index contributed by atoms with van der Waals surface area (Å²) in [5, 5.41) is 15.2. The smallest absolute Gasteiger partial charge is 0.407 e. The lowest BCUT2D eigenvalue weighted by molar-refractivity contribution is -0.145. The van der Waals surface area contributed by atoms with Crippen LogP contribution in [0, 0.1) is 5.92 Å². The number of carbonyl (C=O) groups is 4. The number of nitrogens with one attached hydrogen (secondary N) is 2. The Morgan fingerprint density at radius 1 is 1.32 bits per heavy atom. The average Bonchev–Trinajstić information content (AvgIpc) is 3.49. The van der Waals surface area contributed by atoms with Gasteiger partial charge in [0.05, 0.1) is 19.3 Å². The number of alkyl carbamates (subject to hydrolysis) is 1. The van der Waals surface area contributed by atoms with Gasteiger partial charge in [0.2, 0.25) is 11.8 Å². The van der Waals surface area contributed by atoms with E-state index in [-0.39, 0.29) is 31.9 Å². The maximum absolute atomic E-state index is 13.8. The fourth-order valence-corrected chi connectivity index (χ4v) is 5.36. The summed E-state index contributed by atoms with van der Waals surface area (Å²) in [5.41, 5.74) is 0.554. The minimum Gasteiger partial charge on any atom is -0.479 e. The third-order valence-electron chi connectivity index (χ3n) is 7.81. The molecule has 1 aliphatic carbocycles. The Morgan fingerprint density at radius 2 is 2.15 bits per heavy atom. The van der Waals surface area contributed by atoms with Gasteiger partial charge >= 0.3 is 12.1 Å². The number of ether oxygens (including phenoxy) is 2. The molecule has 4 rings (SSSR count). The normalized spacial score (nSPS) is 29.8. The number of hydrogen-bond acceptors (Lipinski definition) is 6. The van der Waals surface area contributed by atoms with Crippen LogP contribution in [-0.4, -0.2) is 70.8 Å². The standard InChI is InChI=1S/C30H39N3O7/c1-3-5-13-24-27(35)33-18-23(16-25(33)26(34)32-30(28(36)37)17-22(30)4-2)40-19-21-12-9-11-20(15-21)10-7-6-8-14-39-29(38)31-24/h4,7,9-12,15,22-25H,2-3,5-6,8,13-14,16-19H2,1H3,(H,31,38)(H,32,34)(H,36,37)/b10-7+/t22-,23+,24-,25-,30+/m0/s1. The number of benzene rings is 1. The molecule has 3 N–H and O–H groups in total. The van der Waals surface area contributed by atoms with E-state index in [2.05, 4.69) is 17.2 Å². The summed E-state index contributed by atoms with van der Waals surface area (Å²) < 4.78 is 11.5. The van der Waals surface area contributed by atoms with E-state index in [4.69, 9.17) is 9.47 Å². The Hall–Kier alpha value is -3.66. The lowest BCUT2D eigenvalue weighted by atomic mass is 10.1. The molecule has 2 heterocycles. The van der Waals surface area contributed by atoms with Gasteiger partial charge < -0.3 is 30.1 Å². The number of hydrogen-bond donors (Lipinski definition) is 3. The van der Waals surface area contributed by atoms with Crippen molar-refractivity contribution in [2.75, 3.05) is 13.2 Å². The molecule has 4 bridgehead atoms. The number of amides is 3. The van der Waals surface area contributed by atoms with Crippen LogP contribution in [0.2, 0.25) is 0 Å². The molecule has 0 radical (unpaired) electrons. The molecule has 10 heteroatoms. The first-order valence-corrected chi connectivity index (χ1v) is 14.1. The van der Waals surface area contributed by atoms with Crippen LogP contribution in [0.4, 0.5) is 4.79 Å². The highest BCUT2D eigenvalue weighted by Gasteiger charge is 2.61. The molecule has 2 aliphatic heterocycles. The number of cyclic esters (lactones) is 1. The molecule has 2 fully saturated rings. The van der Waals surface area contributed by atoms with Gasteiger partial charge in [0.1, 0.15) is 17.6 Å². The number of allylic oxidation sites excluding steroid dienone is 1. The van der Waals surface area contributed by atoms with Crippen molar-refractivity contribution >= 4 is 30.0 Å². The Bertz CT molecular complexity index is 1150. The summed E-state index contributed by atoms with van der Waals surface area (Å²) in [6.07, 6.45) is 8.11. The van der Waals surface area contributed by atoms with Crippen molar-refractivity contribution in [3.63, 3.8) is 0 Å². The number of rotatable bonds is 7. The van der Waals surface area contributed by atoms with Crippen LogP contribution in [0.25, 0.3) is 6.08 Å². The molecule has 5 atom stereocenters. The third-order valence-corrected chi connectivity index (χ3v) is 7.81. The summed E-state index contributed by atoms with van der Waals surface area (Å²) in [5.74, 6) is -2.49. The molecule has 1 saturated carbocycles. The number of nitrogens with zero attached hydrogens (tertiary/aromatic N) is 1. The first kappa shape index (κ1) is 29.3. The molecule has 216 valence electrons. The van der Waals surface area contributed by atoms with Crippen molar-refractivity contribution in [1.82, 2.24) is 15.5 Å². The monoisotopic (exact) mass is 553 g/mol. The Kier molecular flexibility index (Phi) is 9.63. The van der Waals surface area contributed by atoms with Crippen LogP contribution in [-0.2, 0) is 30.5 Å². The van der Waals surface area contributed by atoms with Gasteiger partial charge in [-0.2, -0.15) is 0 Å². The Balaban J connectivity index is 1.59. The van der Waals surface area contributed by atoms with Gasteiger partial charge in [0, 0.05) is 18.9 Å². The molecule has 1 saturated heterocycles. The molecule has 1 aromatic rings. The zero-order valence-electron chi connectivity index (χ0n) is 23.0. The summed E-state index contributed by atoms with van der Waals surface area (Å²) in [7, 11) is 0. The van der Waals surface area contributed by atoms with Gasteiger partial charge in [0.15, 0.2) is 0 Å². The van der Waals surface area contributed by atoms with Crippen LogP contribution in [0.1, 0.15) is 63.0 Å². The van der Waals surface area contributed by atoms with Crippen molar-refractivity contribution in [2.24, 2.45) is 5.92 Å². The Morgan fingerprint density at radius 3 is 2.88 bits per heavy atom. The number of unbranched alkanes of at least 4 members (excludes halogenated alkanes) is 1. The van der Waals surface area contributed by atoms with Crippen molar-refractivity contribution in [3.05, 3.63) is 54.1 Å². The Labute approximate surface area is 234 Å². The van der Waals surface area contributed by atoms with Crippen LogP contribution in [0.3, 0.4) is 0 Å². The summed E-state index contributed by atoms with van der Waals surface area (Å²) in [6.45, 7) is 6.30. The largest absolute Gasteiger partial charge is 0.479 e. The topological polar surface area (TPSA) is 134 Å². The second-order valence-corrected chi connectivity index (χ2v) is 10.8. The van der Waals surface area contributed by atoms with Crippen molar-refractivity contribution < 1.29 is 33.8 Å². The van der Waals surface area contributed by atoms with Crippen molar-refractivity contribution in [1.29, 1.82) is 0 Å². The lowest BCUT2D eigenvalue weighted by Gasteiger charge is -2.29. The molecular formula is C30H39N3O7. The predicted octanol–water partition coefficient (Wildman–Crippen LogP) is 3.41. The van der Waals surface area contributed by atoms with Crippen LogP contribution < -0.4 is 10.6 Å². The predicted molar refractivity (Wildman–Crippen MR) is 148 cm³/mol. The third kappa shape index (κ3) is 6.91. The number of fused-ring (bicyclic) bond motifs is 4. The zero-order valence-corrected chi connectivity index (χ0v) is 23.0. The number of aliphatic carboxylic acids is 1. The van der Waals surface area contributed by atoms with E-state index in [9.17, 15) is 24.3 Å². The quantitative estimate of drug-likeness (QED) is 0.441. The second-order valence-electron chi connectivity index (χ2n) is 10.8.